The quantitative estimate of drug-likeness (QED) is 0.0362. The standard InChI is InChI=1S/C37H76N2O6Si3/c1-13-16-19-22-31(38-41-27-17-14-2)25-26-33-34(36(44-47(7,8)9)30-35(33)43-46(4,5)6)29-32(39-42-28-18-15-3)23-20-21-24-37(40)45-48(10,11)12/h33-36H,13-30H2,1-12H3/b38-31-,39-32+/t33-,34-,35-,36+/m1/s1. The first-order valence-corrected chi connectivity index (χ1v) is 29.6. The average Bonchev–Trinajstić information content (AvgIpc) is 3.24. The Labute approximate surface area is 299 Å². The van der Waals surface area contributed by atoms with E-state index in [0.29, 0.717) is 25.6 Å². The Kier molecular flexibility index (Phi) is 22.0. The highest BCUT2D eigenvalue weighted by molar-refractivity contribution is 6.71. The number of rotatable bonds is 27. The molecule has 0 radical (unpaired) electrons. The summed E-state index contributed by atoms with van der Waals surface area (Å²) in [4.78, 5) is 24.1. The normalized spacial score (nSPS) is 21.1. The molecule has 0 aromatic heterocycles. The van der Waals surface area contributed by atoms with E-state index in [1.54, 1.807) is 0 Å². The van der Waals surface area contributed by atoms with Crippen molar-refractivity contribution in [1.82, 2.24) is 0 Å². The van der Waals surface area contributed by atoms with Gasteiger partial charge in [-0.05, 0) is 141 Å². The van der Waals surface area contributed by atoms with Gasteiger partial charge in [0.15, 0.2) is 16.6 Å². The van der Waals surface area contributed by atoms with Crippen LogP contribution in [0.4, 0.5) is 0 Å². The van der Waals surface area contributed by atoms with Crippen molar-refractivity contribution in [1.29, 1.82) is 0 Å². The minimum absolute atomic E-state index is 0.0762. The molecule has 0 unspecified atom stereocenters. The van der Waals surface area contributed by atoms with Gasteiger partial charge in [-0.15, -0.1) is 0 Å². The predicted octanol–water partition coefficient (Wildman–Crippen LogP) is 11.1. The van der Waals surface area contributed by atoms with Gasteiger partial charge in [0.1, 0.15) is 13.2 Å². The van der Waals surface area contributed by atoms with Crippen molar-refractivity contribution in [2.45, 2.75) is 195 Å². The van der Waals surface area contributed by atoms with Crippen LogP contribution in [0.3, 0.4) is 0 Å². The maximum absolute atomic E-state index is 12.4. The Bertz CT molecular complexity index is 943. The molecule has 1 aliphatic carbocycles. The van der Waals surface area contributed by atoms with Gasteiger partial charge in [0.2, 0.25) is 8.32 Å². The van der Waals surface area contributed by atoms with Crippen LogP contribution in [0.1, 0.15) is 124 Å². The molecule has 1 rings (SSSR count). The second-order valence-corrected chi connectivity index (χ2v) is 30.1. The molecular weight excluding hydrogens is 653 g/mol. The first-order valence-electron chi connectivity index (χ1n) is 19.4. The van der Waals surface area contributed by atoms with Crippen LogP contribution in [0.25, 0.3) is 0 Å². The Balaban J connectivity index is 3.32. The lowest BCUT2D eigenvalue weighted by Crippen LogP contribution is -2.36. The van der Waals surface area contributed by atoms with Crippen LogP contribution in [-0.4, -0.2) is 67.8 Å². The van der Waals surface area contributed by atoms with Crippen molar-refractivity contribution in [2.75, 3.05) is 13.2 Å². The molecule has 4 atom stereocenters. The molecule has 0 amide bonds. The van der Waals surface area contributed by atoms with Crippen LogP contribution >= 0.6 is 0 Å². The molecule has 282 valence electrons. The van der Waals surface area contributed by atoms with E-state index in [2.05, 4.69) is 84.9 Å². The highest BCUT2D eigenvalue weighted by Gasteiger charge is 2.47. The zero-order chi connectivity index (χ0) is 36.2. The molecule has 1 aliphatic rings. The van der Waals surface area contributed by atoms with Gasteiger partial charge < -0.3 is 23.0 Å². The lowest BCUT2D eigenvalue weighted by atomic mass is 9.84. The SMILES string of the molecule is CCCCC/C(CC[C@@H]1[C@@H](C/C(CCCCC(=O)O[Si](C)(C)C)=N/OCCCC)[C@@H](O[Si](C)(C)C)C[C@H]1O[Si](C)(C)C)=N/OCCCC. The summed E-state index contributed by atoms with van der Waals surface area (Å²) in [5, 5.41) is 9.44. The molecule has 1 saturated carbocycles. The Morgan fingerprint density at radius 3 is 1.58 bits per heavy atom. The number of carbonyl (C=O) groups is 1. The molecule has 11 heteroatoms. The zero-order valence-corrected chi connectivity index (χ0v) is 36.4. The highest BCUT2D eigenvalue weighted by Crippen LogP contribution is 2.44. The smallest absolute Gasteiger partial charge is 0.292 e. The van der Waals surface area contributed by atoms with Gasteiger partial charge in [0, 0.05) is 6.42 Å². The molecular formula is C37H76N2O6Si3. The van der Waals surface area contributed by atoms with Gasteiger partial charge in [-0.25, -0.2) is 0 Å². The Morgan fingerprint density at radius 2 is 1.06 bits per heavy atom. The van der Waals surface area contributed by atoms with E-state index in [1.807, 2.05) is 0 Å². The lowest BCUT2D eigenvalue weighted by Gasteiger charge is -2.32. The number of unbranched alkanes of at least 4 members (excludes halogenated alkanes) is 5. The van der Waals surface area contributed by atoms with Crippen LogP contribution in [0.15, 0.2) is 10.3 Å². The maximum Gasteiger partial charge on any atom is 0.292 e. The van der Waals surface area contributed by atoms with Gasteiger partial charge >= 0.3 is 0 Å². The maximum atomic E-state index is 12.4. The third-order valence-electron chi connectivity index (χ3n) is 8.37. The molecule has 0 spiro atoms. The van der Waals surface area contributed by atoms with Crippen LogP contribution in [0.2, 0.25) is 58.9 Å². The molecule has 8 nitrogen and oxygen atoms in total. The number of nitrogens with zero attached hydrogens (tertiary/aromatic N) is 2. The lowest BCUT2D eigenvalue weighted by molar-refractivity contribution is -0.135. The molecule has 0 N–H and O–H groups in total. The van der Waals surface area contributed by atoms with Gasteiger partial charge in [0.25, 0.3) is 5.97 Å². The molecule has 0 aliphatic heterocycles. The summed E-state index contributed by atoms with van der Waals surface area (Å²) in [5.74, 6) is 0.534. The second kappa shape index (κ2) is 23.5. The van der Waals surface area contributed by atoms with Crippen molar-refractivity contribution >= 4 is 42.3 Å². The Hall–Kier alpha value is -1.02. The number of hydrogen-bond acceptors (Lipinski definition) is 8. The van der Waals surface area contributed by atoms with E-state index >= 15 is 0 Å². The topological polar surface area (TPSA) is 87.9 Å². The van der Waals surface area contributed by atoms with E-state index < -0.39 is 25.0 Å². The molecule has 0 aromatic rings. The summed E-state index contributed by atoms with van der Waals surface area (Å²) >= 11 is 0. The fraction of sp³-hybridized carbons (Fsp3) is 0.919. The molecule has 1 fully saturated rings. The summed E-state index contributed by atoms with van der Waals surface area (Å²) < 4.78 is 19.6. The first-order chi connectivity index (χ1) is 22.5. The van der Waals surface area contributed by atoms with E-state index in [9.17, 15) is 4.79 Å². The van der Waals surface area contributed by atoms with E-state index in [1.165, 1.54) is 18.6 Å². The van der Waals surface area contributed by atoms with Crippen molar-refractivity contribution in [3.63, 3.8) is 0 Å². The van der Waals surface area contributed by atoms with Crippen molar-refractivity contribution in [3.8, 4) is 0 Å². The highest BCUT2D eigenvalue weighted by atomic mass is 28.4. The minimum Gasteiger partial charge on any atom is -0.520 e. The molecule has 48 heavy (non-hydrogen) atoms. The fourth-order valence-corrected chi connectivity index (χ4v) is 9.40. The van der Waals surface area contributed by atoms with Gasteiger partial charge in [-0.1, -0.05) is 56.8 Å². The number of oxime groups is 2. The van der Waals surface area contributed by atoms with E-state index in [4.69, 9.17) is 28.1 Å². The van der Waals surface area contributed by atoms with Crippen LogP contribution < -0.4 is 0 Å². The summed E-state index contributed by atoms with van der Waals surface area (Å²) in [7, 11) is -5.52. The molecule has 0 aromatic carbocycles. The van der Waals surface area contributed by atoms with E-state index in [-0.39, 0.29) is 24.1 Å². The van der Waals surface area contributed by atoms with E-state index in [0.717, 1.165) is 89.2 Å². The average molecular weight is 729 g/mol. The largest absolute Gasteiger partial charge is 0.520 e. The predicted molar refractivity (Wildman–Crippen MR) is 211 cm³/mol. The van der Waals surface area contributed by atoms with Gasteiger partial charge in [-0.2, -0.15) is 0 Å². The molecule has 0 heterocycles. The van der Waals surface area contributed by atoms with Crippen LogP contribution in [-0.2, 0) is 27.7 Å². The summed E-state index contributed by atoms with van der Waals surface area (Å²) in [5.41, 5.74) is 2.26. The van der Waals surface area contributed by atoms with Crippen LogP contribution in [0.5, 0.6) is 0 Å². The summed E-state index contributed by atoms with van der Waals surface area (Å²) in [6, 6.07) is 0. The molecule has 0 saturated heterocycles. The summed E-state index contributed by atoms with van der Waals surface area (Å²) in [6.45, 7) is 27.8. The fourth-order valence-electron chi connectivity index (χ4n) is 6.26. The van der Waals surface area contributed by atoms with Crippen molar-refractivity contribution in [2.24, 2.45) is 22.1 Å². The second-order valence-electron chi connectivity index (χ2n) is 16.8. The third-order valence-corrected chi connectivity index (χ3v) is 11.2. The number of carbonyl (C=O) groups excluding carboxylic acids is 1. The van der Waals surface area contributed by atoms with Gasteiger partial charge in [-0.3, -0.25) is 4.79 Å². The monoisotopic (exact) mass is 729 g/mol. The van der Waals surface area contributed by atoms with Crippen molar-refractivity contribution in [3.05, 3.63) is 0 Å². The first kappa shape index (κ1) is 45.0. The number of hydrogen-bond donors (Lipinski definition) is 0. The van der Waals surface area contributed by atoms with Crippen molar-refractivity contribution < 1.29 is 27.7 Å². The molecule has 0 bridgehead atoms. The van der Waals surface area contributed by atoms with Gasteiger partial charge in [0.05, 0.1) is 23.6 Å². The summed E-state index contributed by atoms with van der Waals surface area (Å²) in [6.07, 6.45) is 15.6. The third kappa shape index (κ3) is 21.9. The van der Waals surface area contributed by atoms with Crippen LogP contribution in [0, 0.1) is 11.8 Å². The minimum atomic E-state index is -1.88. The zero-order valence-electron chi connectivity index (χ0n) is 33.4. The Morgan fingerprint density at radius 1 is 0.583 bits per heavy atom.